The molecule has 1 fully saturated rings. The van der Waals surface area contributed by atoms with Gasteiger partial charge in [0.2, 0.25) is 0 Å². The van der Waals surface area contributed by atoms with Crippen molar-refractivity contribution in [3.05, 3.63) is 23.5 Å². The molecule has 1 aromatic heterocycles. The molecule has 2 unspecified atom stereocenters. The first kappa shape index (κ1) is 11.7. The monoisotopic (exact) mass is 239 g/mol. The van der Waals surface area contributed by atoms with Gasteiger partial charge in [0.1, 0.15) is 0 Å². The molecular weight excluding hydrogens is 222 g/mol. The van der Waals surface area contributed by atoms with E-state index in [0.29, 0.717) is 17.1 Å². The lowest BCUT2D eigenvalue weighted by molar-refractivity contribution is 0.332. The van der Waals surface area contributed by atoms with Crippen LogP contribution in [0, 0.1) is 5.92 Å². The first-order chi connectivity index (χ1) is 7.81. The molecule has 2 rings (SSSR count). The van der Waals surface area contributed by atoms with Crippen molar-refractivity contribution in [1.29, 1.82) is 0 Å². The van der Waals surface area contributed by atoms with Gasteiger partial charge in [0.05, 0.1) is 5.69 Å². The van der Waals surface area contributed by atoms with Crippen LogP contribution in [0.3, 0.4) is 0 Å². The van der Waals surface area contributed by atoms with Gasteiger partial charge in [-0.05, 0) is 37.4 Å². The Morgan fingerprint density at radius 1 is 1.44 bits per heavy atom. The highest BCUT2D eigenvalue weighted by Crippen LogP contribution is 2.28. The van der Waals surface area contributed by atoms with Gasteiger partial charge >= 0.3 is 0 Å². The van der Waals surface area contributed by atoms with Crippen LogP contribution < -0.4 is 11.1 Å². The summed E-state index contributed by atoms with van der Waals surface area (Å²) in [6, 6.07) is 4.31. The molecular formula is C12H18ClN3. The third-order valence-corrected chi connectivity index (χ3v) is 3.61. The lowest BCUT2D eigenvalue weighted by Crippen LogP contribution is -2.36. The van der Waals surface area contributed by atoms with Gasteiger partial charge < -0.3 is 11.1 Å². The van der Waals surface area contributed by atoms with Crippen molar-refractivity contribution >= 4 is 17.3 Å². The fourth-order valence-electron chi connectivity index (χ4n) is 2.37. The molecule has 0 amide bonds. The highest BCUT2D eigenvalue weighted by Gasteiger charge is 2.24. The summed E-state index contributed by atoms with van der Waals surface area (Å²) in [5, 5.41) is 4.02. The van der Waals surface area contributed by atoms with Crippen LogP contribution in [0.15, 0.2) is 18.3 Å². The van der Waals surface area contributed by atoms with Crippen molar-refractivity contribution in [3.8, 4) is 0 Å². The zero-order chi connectivity index (χ0) is 11.4. The van der Waals surface area contributed by atoms with Crippen LogP contribution in [0.4, 0.5) is 5.69 Å². The van der Waals surface area contributed by atoms with Crippen molar-refractivity contribution < 1.29 is 0 Å². The average molecular weight is 240 g/mol. The third-order valence-electron chi connectivity index (χ3n) is 3.31. The molecule has 1 aliphatic rings. The van der Waals surface area contributed by atoms with E-state index in [9.17, 15) is 0 Å². The molecule has 3 N–H and O–H groups in total. The van der Waals surface area contributed by atoms with E-state index in [0.717, 1.165) is 12.2 Å². The number of pyridine rings is 1. The zero-order valence-corrected chi connectivity index (χ0v) is 10.1. The summed E-state index contributed by atoms with van der Waals surface area (Å²) in [6.45, 7) is 0.746. The minimum Gasteiger partial charge on any atom is -0.379 e. The van der Waals surface area contributed by atoms with Gasteiger partial charge in [-0.2, -0.15) is 0 Å². The van der Waals surface area contributed by atoms with Crippen LogP contribution in [-0.4, -0.2) is 17.6 Å². The Kier molecular flexibility index (Phi) is 4.02. The maximum absolute atomic E-state index is 6.03. The van der Waals surface area contributed by atoms with E-state index in [-0.39, 0.29) is 0 Å². The van der Waals surface area contributed by atoms with Crippen LogP contribution >= 0.6 is 11.6 Å². The Labute approximate surface area is 101 Å². The zero-order valence-electron chi connectivity index (χ0n) is 9.32. The second-order valence-corrected chi connectivity index (χ2v) is 4.73. The Morgan fingerprint density at radius 3 is 3.00 bits per heavy atom. The maximum Gasteiger partial charge on any atom is 0.152 e. The fraction of sp³-hybridized carbons (Fsp3) is 0.583. The van der Waals surface area contributed by atoms with Crippen molar-refractivity contribution in [2.45, 2.75) is 31.7 Å². The van der Waals surface area contributed by atoms with Crippen LogP contribution in [0.2, 0.25) is 5.15 Å². The summed E-state index contributed by atoms with van der Waals surface area (Å²) < 4.78 is 0. The van der Waals surface area contributed by atoms with E-state index in [4.69, 9.17) is 17.3 Å². The van der Waals surface area contributed by atoms with Crippen molar-refractivity contribution in [2.75, 3.05) is 11.9 Å². The number of anilines is 1. The Morgan fingerprint density at radius 2 is 2.25 bits per heavy atom. The van der Waals surface area contributed by atoms with Gasteiger partial charge in [0.25, 0.3) is 0 Å². The van der Waals surface area contributed by atoms with E-state index < -0.39 is 0 Å². The van der Waals surface area contributed by atoms with Gasteiger partial charge in [-0.1, -0.05) is 24.4 Å². The highest BCUT2D eigenvalue weighted by atomic mass is 35.5. The van der Waals surface area contributed by atoms with Crippen LogP contribution in [0.1, 0.15) is 25.7 Å². The molecule has 0 aliphatic heterocycles. The molecule has 0 saturated heterocycles. The topological polar surface area (TPSA) is 50.9 Å². The van der Waals surface area contributed by atoms with Crippen LogP contribution in [-0.2, 0) is 0 Å². The summed E-state index contributed by atoms with van der Waals surface area (Å²) in [5.41, 5.74) is 6.72. The molecule has 1 aromatic rings. The molecule has 3 nitrogen and oxygen atoms in total. The number of halogens is 1. The second-order valence-electron chi connectivity index (χ2n) is 4.37. The molecule has 1 aliphatic carbocycles. The number of nitrogens with two attached hydrogens (primary N) is 1. The van der Waals surface area contributed by atoms with E-state index in [1.54, 1.807) is 6.20 Å². The number of aromatic nitrogens is 1. The average Bonchev–Trinajstić information content (AvgIpc) is 2.33. The molecule has 1 saturated carbocycles. The van der Waals surface area contributed by atoms with Gasteiger partial charge in [0.15, 0.2) is 5.15 Å². The van der Waals surface area contributed by atoms with Crippen LogP contribution in [0.25, 0.3) is 0 Å². The molecule has 0 bridgehead atoms. The molecule has 2 atom stereocenters. The molecule has 0 spiro atoms. The summed E-state index contributed by atoms with van der Waals surface area (Å²) in [7, 11) is 0. The smallest absolute Gasteiger partial charge is 0.152 e. The van der Waals surface area contributed by atoms with Gasteiger partial charge in [-0.3, -0.25) is 0 Å². The number of nitrogens with zero attached hydrogens (tertiary/aromatic N) is 1. The number of hydrogen-bond acceptors (Lipinski definition) is 3. The summed E-state index contributed by atoms with van der Waals surface area (Å²) in [5.74, 6) is 0.560. The Balaban J connectivity index is 2.05. The van der Waals surface area contributed by atoms with E-state index in [1.165, 1.54) is 25.7 Å². The van der Waals surface area contributed by atoms with E-state index >= 15 is 0 Å². The molecule has 88 valence electrons. The first-order valence-corrected chi connectivity index (χ1v) is 6.26. The summed E-state index contributed by atoms with van der Waals surface area (Å²) in [6.07, 6.45) is 6.65. The molecule has 0 aromatic carbocycles. The maximum atomic E-state index is 6.03. The Bertz CT molecular complexity index is 343. The normalized spacial score (nSPS) is 25.4. The SMILES string of the molecule is NCC1CCCCC1Nc1cccnc1Cl. The predicted molar refractivity (Wildman–Crippen MR) is 67.7 cm³/mol. The minimum atomic E-state index is 0.445. The predicted octanol–water partition coefficient (Wildman–Crippen LogP) is 2.66. The molecule has 4 heteroatoms. The van der Waals surface area contributed by atoms with Crippen molar-refractivity contribution in [2.24, 2.45) is 11.7 Å². The number of nitrogens with one attached hydrogen (secondary N) is 1. The van der Waals surface area contributed by atoms with Gasteiger partial charge in [0, 0.05) is 12.2 Å². The minimum absolute atomic E-state index is 0.445. The summed E-state index contributed by atoms with van der Waals surface area (Å²) >= 11 is 6.03. The van der Waals surface area contributed by atoms with Crippen molar-refractivity contribution in [3.63, 3.8) is 0 Å². The lowest BCUT2D eigenvalue weighted by atomic mass is 9.84. The largest absolute Gasteiger partial charge is 0.379 e. The highest BCUT2D eigenvalue weighted by molar-refractivity contribution is 6.31. The number of rotatable bonds is 3. The quantitative estimate of drug-likeness (QED) is 0.798. The van der Waals surface area contributed by atoms with E-state index in [2.05, 4.69) is 10.3 Å². The Hall–Kier alpha value is -0.800. The lowest BCUT2D eigenvalue weighted by Gasteiger charge is -2.32. The molecule has 16 heavy (non-hydrogen) atoms. The molecule has 1 heterocycles. The molecule has 0 radical (unpaired) electrons. The van der Waals surface area contributed by atoms with Crippen LogP contribution in [0.5, 0.6) is 0 Å². The fourth-order valence-corrected chi connectivity index (χ4v) is 2.55. The second kappa shape index (κ2) is 5.51. The summed E-state index contributed by atoms with van der Waals surface area (Å²) in [4.78, 5) is 4.07. The number of hydrogen-bond donors (Lipinski definition) is 2. The first-order valence-electron chi connectivity index (χ1n) is 5.88. The van der Waals surface area contributed by atoms with Gasteiger partial charge in [-0.15, -0.1) is 0 Å². The van der Waals surface area contributed by atoms with E-state index in [1.807, 2.05) is 12.1 Å². The van der Waals surface area contributed by atoms with Crippen molar-refractivity contribution in [1.82, 2.24) is 4.98 Å². The van der Waals surface area contributed by atoms with Gasteiger partial charge in [-0.25, -0.2) is 4.98 Å². The standard InChI is InChI=1S/C12H18ClN3/c13-12-11(6-3-7-15-12)16-10-5-2-1-4-9(10)8-14/h3,6-7,9-10,16H,1-2,4-5,8,14H2. The third kappa shape index (κ3) is 2.66.